The van der Waals surface area contributed by atoms with E-state index in [1.54, 1.807) is 6.07 Å². The van der Waals surface area contributed by atoms with E-state index >= 15 is 0 Å². The molecule has 1 aromatic heterocycles. The first kappa shape index (κ1) is 10.7. The molecule has 1 aromatic rings. The molecule has 2 heterocycles. The molecule has 0 radical (unpaired) electrons. The highest BCUT2D eigenvalue weighted by molar-refractivity contribution is 5.06. The van der Waals surface area contributed by atoms with Gasteiger partial charge in [0, 0.05) is 12.6 Å². The molecule has 0 spiro atoms. The van der Waals surface area contributed by atoms with Gasteiger partial charge in [0.05, 0.1) is 13.2 Å². The number of aliphatic hydroxyl groups excluding tert-OH is 1. The van der Waals surface area contributed by atoms with Gasteiger partial charge in [0.2, 0.25) is 0 Å². The third kappa shape index (κ3) is 3.06. The summed E-state index contributed by atoms with van der Waals surface area (Å²) < 4.78 is 10.7. The number of ether oxygens (including phenoxy) is 1. The van der Waals surface area contributed by atoms with Gasteiger partial charge in [-0.1, -0.05) is 0 Å². The van der Waals surface area contributed by atoms with Crippen LogP contribution in [0.25, 0.3) is 0 Å². The molecule has 1 aliphatic heterocycles. The first-order valence-corrected chi connectivity index (χ1v) is 5.38. The van der Waals surface area contributed by atoms with E-state index in [0.29, 0.717) is 18.3 Å². The molecule has 2 rings (SSSR count). The van der Waals surface area contributed by atoms with Crippen LogP contribution < -0.4 is 5.32 Å². The van der Waals surface area contributed by atoms with Gasteiger partial charge in [-0.2, -0.15) is 0 Å². The Hall–Kier alpha value is -0.840. The molecule has 0 saturated carbocycles. The van der Waals surface area contributed by atoms with Crippen molar-refractivity contribution in [2.24, 2.45) is 0 Å². The lowest BCUT2D eigenvalue weighted by atomic mass is 10.1. The summed E-state index contributed by atoms with van der Waals surface area (Å²) in [5.41, 5.74) is 0. The summed E-state index contributed by atoms with van der Waals surface area (Å²) in [6.45, 7) is 2.34. The fourth-order valence-electron chi connectivity index (χ4n) is 1.75. The topological polar surface area (TPSA) is 54.6 Å². The van der Waals surface area contributed by atoms with Crippen LogP contribution in [0.4, 0.5) is 0 Å². The summed E-state index contributed by atoms with van der Waals surface area (Å²) in [6.07, 6.45) is 2.28. The quantitative estimate of drug-likeness (QED) is 0.781. The lowest BCUT2D eigenvalue weighted by molar-refractivity contribution is 0.0692. The van der Waals surface area contributed by atoms with Gasteiger partial charge in [-0.3, -0.25) is 0 Å². The second-order valence-electron chi connectivity index (χ2n) is 3.82. The second kappa shape index (κ2) is 5.30. The van der Waals surface area contributed by atoms with E-state index in [1.807, 2.05) is 6.07 Å². The monoisotopic (exact) mass is 211 g/mol. The van der Waals surface area contributed by atoms with Gasteiger partial charge in [0.1, 0.15) is 18.1 Å². The molecule has 1 aliphatic rings. The van der Waals surface area contributed by atoms with Crippen molar-refractivity contribution in [2.75, 3.05) is 13.2 Å². The minimum absolute atomic E-state index is 0.0352. The highest BCUT2D eigenvalue weighted by Gasteiger charge is 2.13. The third-order valence-corrected chi connectivity index (χ3v) is 2.60. The maximum absolute atomic E-state index is 8.83. The van der Waals surface area contributed by atoms with E-state index in [1.165, 1.54) is 0 Å². The molecule has 84 valence electrons. The highest BCUT2D eigenvalue weighted by Crippen LogP contribution is 2.10. The van der Waals surface area contributed by atoms with Crippen LogP contribution in [-0.4, -0.2) is 24.4 Å². The fraction of sp³-hybridized carbons (Fsp3) is 0.636. The molecule has 4 nitrogen and oxygen atoms in total. The number of aliphatic hydroxyl groups is 1. The zero-order valence-corrected chi connectivity index (χ0v) is 8.74. The largest absolute Gasteiger partial charge is 0.462 e. The molecular formula is C11H17NO3. The van der Waals surface area contributed by atoms with Gasteiger partial charge in [-0.15, -0.1) is 0 Å². The van der Waals surface area contributed by atoms with E-state index in [-0.39, 0.29) is 6.61 Å². The molecule has 15 heavy (non-hydrogen) atoms. The van der Waals surface area contributed by atoms with E-state index in [4.69, 9.17) is 14.3 Å². The van der Waals surface area contributed by atoms with E-state index in [2.05, 4.69) is 5.32 Å². The molecular weight excluding hydrogens is 194 g/mol. The van der Waals surface area contributed by atoms with Gasteiger partial charge in [-0.25, -0.2) is 0 Å². The molecule has 0 amide bonds. The normalized spacial score (nSPS) is 21.8. The van der Waals surface area contributed by atoms with Crippen LogP contribution in [0.15, 0.2) is 16.5 Å². The summed E-state index contributed by atoms with van der Waals surface area (Å²) in [6, 6.07) is 4.12. The molecule has 2 N–H and O–H groups in total. The Labute approximate surface area is 89.2 Å². The Bertz CT molecular complexity index is 292. The van der Waals surface area contributed by atoms with Crippen LogP contribution >= 0.6 is 0 Å². The molecule has 1 unspecified atom stereocenters. The Kier molecular flexibility index (Phi) is 3.77. The van der Waals surface area contributed by atoms with Gasteiger partial charge in [0.25, 0.3) is 0 Å². The van der Waals surface area contributed by atoms with Crippen LogP contribution in [0.3, 0.4) is 0 Å². The molecule has 1 saturated heterocycles. The zero-order chi connectivity index (χ0) is 10.5. The minimum Gasteiger partial charge on any atom is -0.462 e. The maximum atomic E-state index is 8.83. The van der Waals surface area contributed by atoms with Gasteiger partial charge >= 0.3 is 0 Å². The first-order valence-electron chi connectivity index (χ1n) is 5.38. The van der Waals surface area contributed by atoms with Crippen LogP contribution in [0.5, 0.6) is 0 Å². The molecule has 0 bridgehead atoms. The van der Waals surface area contributed by atoms with E-state index in [9.17, 15) is 0 Å². The second-order valence-corrected chi connectivity index (χ2v) is 3.82. The number of hydrogen-bond acceptors (Lipinski definition) is 4. The Balaban J connectivity index is 1.76. The average molecular weight is 211 g/mol. The SMILES string of the molecule is OCc1ccc(CNC2CCCOC2)o1. The zero-order valence-electron chi connectivity index (χ0n) is 8.74. The molecule has 4 heteroatoms. The van der Waals surface area contributed by atoms with Gasteiger partial charge in [0.15, 0.2) is 0 Å². The van der Waals surface area contributed by atoms with Crippen LogP contribution in [0.1, 0.15) is 24.4 Å². The number of hydrogen-bond donors (Lipinski definition) is 2. The summed E-state index contributed by atoms with van der Waals surface area (Å²) in [5, 5.41) is 12.2. The number of rotatable bonds is 4. The minimum atomic E-state index is -0.0352. The lowest BCUT2D eigenvalue weighted by Gasteiger charge is -2.22. The predicted molar refractivity (Wildman–Crippen MR) is 55.3 cm³/mol. The predicted octanol–water partition coefficient (Wildman–Crippen LogP) is 1.04. The molecule has 0 aliphatic carbocycles. The Morgan fingerprint density at radius 2 is 2.27 bits per heavy atom. The number of furan rings is 1. The summed E-state index contributed by atoms with van der Waals surface area (Å²) in [7, 11) is 0. The van der Waals surface area contributed by atoms with Crippen molar-refractivity contribution < 1.29 is 14.3 Å². The molecule has 0 aromatic carbocycles. The summed E-state index contributed by atoms with van der Waals surface area (Å²) in [5.74, 6) is 1.48. The molecule has 1 atom stereocenters. The highest BCUT2D eigenvalue weighted by atomic mass is 16.5. The van der Waals surface area contributed by atoms with Crippen molar-refractivity contribution >= 4 is 0 Å². The first-order chi connectivity index (χ1) is 7.38. The lowest BCUT2D eigenvalue weighted by Crippen LogP contribution is -2.36. The van der Waals surface area contributed by atoms with Crippen molar-refractivity contribution in [3.8, 4) is 0 Å². The summed E-state index contributed by atoms with van der Waals surface area (Å²) in [4.78, 5) is 0. The fourth-order valence-corrected chi connectivity index (χ4v) is 1.75. The van der Waals surface area contributed by atoms with Crippen molar-refractivity contribution in [1.29, 1.82) is 0 Å². The maximum Gasteiger partial charge on any atom is 0.129 e. The smallest absolute Gasteiger partial charge is 0.129 e. The van der Waals surface area contributed by atoms with Crippen molar-refractivity contribution in [3.05, 3.63) is 23.7 Å². The van der Waals surface area contributed by atoms with E-state index in [0.717, 1.165) is 31.8 Å². The summed E-state index contributed by atoms with van der Waals surface area (Å²) >= 11 is 0. The average Bonchev–Trinajstić information content (AvgIpc) is 2.76. The van der Waals surface area contributed by atoms with Gasteiger partial charge < -0.3 is 19.6 Å². The van der Waals surface area contributed by atoms with Crippen molar-refractivity contribution in [3.63, 3.8) is 0 Å². The van der Waals surface area contributed by atoms with Gasteiger partial charge in [-0.05, 0) is 25.0 Å². The Morgan fingerprint density at radius 3 is 2.93 bits per heavy atom. The van der Waals surface area contributed by atoms with Crippen molar-refractivity contribution in [2.45, 2.75) is 32.0 Å². The van der Waals surface area contributed by atoms with Crippen molar-refractivity contribution in [1.82, 2.24) is 5.32 Å². The van der Waals surface area contributed by atoms with Crippen LogP contribution in [-0.2, 0) is 17.9 Å². The Morgan fingerprint density at radius 1 is 1.40 bits per heavy atom. The van der Waals surface area contributed by atoms with E-state index < -0.39 is 0 Å². The van der Waals surface area contributed by atoms with Crippen LogP contribution in [0.2, 0.25) is 0 Å². The standard InChI is InChI=1S/C11H17NO3/c13-7-11-4-3-10(15-11)6-12-9-2-1-5-14-8-9/h3-4,9,12-13H,1-2,5-8H2. The molecule has 1 fully saturated rings. The third-order valence-electron chi connectivity index (χ3n) is 2.60. The number of nitrogens with one attached hydrogen (secondary N) is 1. The van der Waals surface area contributed by atoms with Crippen LogP contribution in [0, 0.1) is 0 Å².